The van der Waals surface area contributed by atoms with Gasteiger partial charge in [0.15, 0.2) is 0 Å². The van der Waals surface area contributed by atoms with E-state index in [0.29, 0.717) is 26.1 Å². The Hall–Kier alpha value is -1.49. The van der Waals surface area contributed by atoms with Gasteiger partial charge in [-0.1, -0.05) is 6.92 Å². The Morgan fingerprint density at radius 2 is 2.20 bits per heavy atom. The fourth-order valence-electron chi connectivity index (χ4n) is 2.08. The van der Waals surface area contributed by atoms with Crippen molar-refractivity contribution in [3.63, 3.8) is 0 Å². The lowest BCUT2D eigenvalue weighted by molar-refractivity contribution is 0.242. The number of rotatable bonds is 5. The number of nitrogens with one attached hydrogen (secondary N) is 1. The number of nitrogens with zero attached hydrogens (tertiary/aromatic N) is 2. The third kappa shape index (κ3) is 2.68. The molecule has 7 heteroatoms. The molecule has 0 amide bonds. The largest absolute Gasteiger partial charge is 0.313 e. The van der Waals surface area contributed by atoms with Crippen LogP contribution in [0.15, 0.2) is 23.1 Å². The average Bonchev–Trinajstić information content (AvgIpc) is 2.36. The summed E-state index contributed by atoms with van der Waals surface area (Å²) >= 11 is 0. The highest BCUT2D eigenvalue weighted by molar-refractivity contribution is 7.89. The zero-order valence-electron chi connectivity index (χ0n) is 11.1. The summed E-state index contributed by atoms with van der Waals surface area (Å²) in [6, 6.07) is 4.92. The molecule has 0 bridgehead atoms. The maximum atomic E-state index is 13.3. The van der Waals surface area contributed by atoms with Gasteiger partial charge in [-0.15, -0.1) is 0 Å². The predicted molar refractivity (Wildman–Crippen MR) is 72.0 cm³/mol. The average molecular weight is 297 g/mol. The molecule has 1 aliphatic rings. The summed E-state index contributed by atoms with van der Waals surface area (Å²) < 4.78 is 39.9. The van der Waals surface area contributed by atoms with Crippen LogP contribution in [0.3, 0.4) is 0 Å². The van der Waals surface area contributed by atoms with Gasteiger partial charge in [-0.25, -0.2) is 12.8 Å². The van der Waals surface area contributed by atoms with Crippen molar-refractivity contribution in [1.82, 2.24) is 9.62 Å². The van der Waals surface area contributed by atoms with Crippen LogP contribution in [0.5, 0.6) is 0 Å². The van der Waals surface area contributed by atoms with Crippen LogP contribution >= 0.6 is 0 Å². The molecular weight excluding hydrogens is 281 g/mol. The maximum Gasteiger partial charge on any atom is 0.243 e. The van der Waals surface area contributed by atoms with Gasteiger partial charge < -0.3 is 5.32 Å². The van der Waals surface area contributed by atoms with Gasteiger partial charge >= 0.3 is 0 Å². The van der Waals surface area contributed by atoms with Crippen LogP contribution in [0.25, 0.3) is 0 Å². The summed E-state index contributed by atoms with van der Waals surface area (Å²) in [7, 11) is -3.70. The van der Waals surface area contributed by atoms with Crippen molar-refractivity contribution in [2.24, 2.45) is 0 Å². The normalized spacial score (nSPS) is 15.9. The fraction of sp³-hybridized carbons (Fsp3) is 0.462. The maximum absolute atomic E-state index is 13.3. The molecule has 1 heterocycles. The molecule has 0 saturated carbocycles. The third-order valence-corrected chi connectivity index (χ3v) is 5.22. The second-order valence-electron chi connectivity index (χ2n) is 4.68. The summed E-state index contributed by atoms with van der Waals surface area (Å²) in [6.45, 7) is 3.55. The first-order chi connectivity index (χ1) is 9.50. The molecule has 20 heavy (non-hydrogen) atoms. The van der Waals surface area contributed by atoms with Crippen molar-refractivity contribution in [2.75, 3.05) is 19.6 Å². The van der Waals surface area contributed by atoms with Gasteiger partial charge in [-0.05, 0) is 24.6 Å². The number of hydrogen-bond acceptors (Lipinski definition) is 4. The Morgan fingerprint density at radius 3 is 2.70 bits per heavy atom. The fourth-order valence-corrected chi connectivity index (χ4v) is 3.82. The van der Waals surface area contributed by atoms with Gasteiger partial charge in [0.1, 0.15) is 11.9 Å². The summed E-state index contributed by atoms with van der Waals surface area (Å²) in [6.07, 6.45) is 0.696. The number of halogens is 1. The lowest BCUT2D eigenvalue weighted by atomic mass is 10.2. The van der Waals surface area contributed by atoms with Gasteiger partial charge in [0.05, 0.1) is 16.5 Å². The monoisotopic (exact) mass is 297 g/mol. The lowest BCUT2D eigenvalue weighted by Crippen LogP contribution is -2.58. The minimum atomic E-state index is -3.70. The number of hydrogen-bond donors (Lipinski definition) is 1. The van der Waals surface area contributed by atoms with E-state index in [1.54, 1.807) is 6.07 Å². The topological polar surface area (TPSA) is 73.2 Å². The van der Waals surface area contributed by atoms with Gasteiger partial charge in [0, 0.05) is 19.6 Å². The van der Waals surface area contributed by atoms with E-state index < -0.39 is 15.8 Å². The first-order valence-corrected chi connectivity index (χ1v) is 7.87. The van der Waals surface area contributed by atoms with E-state index in [2.05, 4.69) is 5.32 Å². The Balaban J connectivity index is 2.39. The summed E-state index contributed by atoms with van der Waals surface area (Å²) in [5, 5.41) is 11.8. The molecule has 1 N–H and O–H groups in total. The second kappa shape index (κ2) is 5.87. The molecule has 1 saturated heterocycles. The van der Waals surface area contributed by atoms with E-state index in [1.165, 1.54) is 10.4 Å². The van der Waals surface area contributed by atoms with Crippen LogP contribution in [0, 0.1) is 17.1 Å². The zero-order chi connectivity index (χ0) is 14.8. The van der Waals surface area contributed by atoms with E-state index in [4.69, 9.17) is 5.26 Å². The zero-order valence-corrected chi connectivity index (χ0v) is 12.0. The molecule has 1 aromatic rings. The SMILES string of the molecule is CCCN(C1CNC1)S(=O)(=O)c1ccc(F)c(C#N)c1. The van der Waals surface area contributed by atoms with Crippen molar-refractivity contribution in [3.05, 3.63) is 29.6 Å². The third-order valence-electron chi connectivity index (χ3n) is 3.28. The molecule has 0 radical (unpaired) electrons. The number of nitriles is 1. The molecule has 1 aliphatic heterocycles. The van der Waals surface area contributed by atoms with E-state index in [0.717, 1.165) is 12.1 Å². The molecular formula is C13H16FN3O2S. The molecule has 5 nitrogen and oxygen atoms in total. The molecule has 1 aromatic carbocycles. The van der Waals surface area contributed by atoms with Crippen LogP contribution in [0.4, 0.5) is 4.39 Å². The van der Waals surface area contributed by atoms with E-state index in [1.807, 2.05) is 6.92 Å². The molecule has 0 aromatic heterocycles. The standard InChI is InChI=1S/C13H16FN3O2S/c1-2-5-17(11-8-16-9-11)20(18,19)12-3-4-13(14)10(6-12)7-15/h3-4,6,11,16H,2,5,8-9H2,1H3. The molecule has 2 rings (SSSR count). The van der Waals surface area contributed by atoms with E-state index in [9.17, 15) is 12.8 Å². The highest BCUT2D eigenvalue weighted by atomic mass is 32.2. The van der Waals surface area contributed by atoms with Crippen molar-refractivity contribution in [1.29, 1.82) is 5.26 Å². The molecule has 108 valence electrons. The van der Waals surface area contributed by atoms with Crippen LogP contribution in [0.2, 0.25) is 0 Å². The highest BCUT2D eigenvalue weighted by Gasteiger charge is 2.34. The van der Waals surface area contributed by atoms with Crippen molar-refractivity contribution in [3.8, 4) is 6.07 Å². The highest BCUT2D eigenvalue weighted by Crippen LogP contribution is 2.22. The van der Waals surface area contributed by atoms with E-state index in [-0.39, 0.29) is 16.5 Å². The summed E-state index contributed by atoms with van der Waals surface area (Å²) in [4.78, 5) is -0.0317. The predicted octanol–water partition coefficient (Wildman–Crippen LogP) is 1.07. The summed E-state index contributed by atoms with van der Waals surface area (Å²) in [5.41, 5.74) is -0.255. The molecule has 1 fully saturated rings. The van der Waals surface area contributed by atoms with Gasteiger partial charge in [0.2, 0.25) is 10.0 Å². The molecule has 0 atom stereocenters. The molecule has 0 unspecified atom stereocenters. The smallest absolute Gasteiger partial charge is 0.243 e. The van der Waals surface area contributed by atoms with Crippen molar-refractivity contribution >= 4 is 10.0 Å². The van der Waals surface area contributed by atoms with Crippen LogP contribution in [-0.2, 0) is 10.0 Å². The number of benzene rings is 1. The van der Waals surface area contributed by atoms with Crippen molar-refractivity contribution in [2.45, 2.75) is 24.3 Å². The Bertz CT molecular complexity index is 636. The molecule has 0 spiro atoms. The first-order valence-electron chi connectivity index (χ1n) is 6.43. The van der Waals surface area contributed by atoms with Crippen molar-refractivity contribution < 1.29 is 12.8 Å². The summed E-state index contributed by atoms with van der Waals surface area (Å²) in [5.74, 6) is -0.709. The molecule has 0 aliphatic carbocycles. The van der Waals surface area contributed by atoms with Crippen LogP contribution in [0.1, 0.15) is 18.9 Å². The Kier molecular flexibility index (Phi) is 4.38. The number of sulfonamides is 1. The first kappa shape index (κ1) is 14.9. The van der Waals surface area contributed by atoms with Gasteiger partial charge in [0.25, 0.3) is 0 Å². The second-order valence-corrected chi connectivity index (χ2v) is 6.57. The van der Waals surface area contributed by atoms with E-state index >= 15 is 0 Å². The Labute approximate surface area is 118 Å². The Morgan fingerprint density at radius 1 is 1.50 bits per heavy atom. The van der Waals surface area contributed by atoms with Gasteiger partial charge in [-0.2, -0.15) is 9.57 Å². The van der Waals surface area contributed by atoms with Gasteiger partial charge in [-0.3, -0.25) is 0 Å². The minimum Gasteiger partial charge on any atom is -0.313 e. The quantitative estimate of drug-likeness (QED) is 0.882. The van der Waals surface area contributed by atoms with Crippen LogP contribution < -0.4 is 5.32 Å². The lowest BCUT2D eigenvalue weighted by Gasteiger charge is -2.37. The van der Waals surface area contributed by atoms with Crippen LogP contribution in [-0.4, -0.2) is 38.4 Å². The minimum absolute atomic E-state index is 0.0317.